The Balaban J connectivity index is 2.16. The molecule has 0 radical (unpaired) electrons. The minimum atomic E-state index is -1.98. The first-order valence-electron chi connectivity index (χ1n) is 10.9. The third kappa shape index (κ3) is 3.42. The maximum absolute atomic E-state index is 2.37. The number of benzene rings is 3. The van der Waals surface area contributed by atoms with Crippen LogP contribution in [-0.2, 0) is 10.8 Å². The molecule has 30 heavy (non-hydrogen) atoms. The second kappa shape index (κ2) is 7.44. The maximum Gasteiger partial charge on any atom is 0.317 e. The van der Waals surface area contributed by atoms with Gasteiger partial charge in [0.2, 0.25) is 18.4 Å². The van der Waals surface area contributed by atoms with Gasteiger partial charge in [0.15, 0.2) is 0 Å². The van der Waals surface area contributed by atoms with Crippen LogP contribution >= 0.6 is 7.26 Å². The molecular formula is C29H33P+2. The third-order valence-corrected chi connectivity index (χ3v) is 10.3. The van der Waals surface area contributed by atoms with Crippen molar-refractivity contribution in [3.8, 4) is 0 Å². The van der Waals surface area contributed by atoms with Crippen molar-refractivity contribution in [1.82, 2.24) is 0 Å². The second-order valence-corrected chi connectivity index (χ2v) is 13.6. The summed E-state index contributed by atoms with van der Waals surface area (Å²) in [5.41, 5.74) is 3.42. The summed E-state index contributed by atoms with van der Waals surface area (Å²) in [4.78, 5) is 0. The molecule has 4 aromatic carbocycles. The first kappa shape index (κ1) is 21.0. The minimum Gasteiger partial charge on any atom is -0.0620 e. The fourth-order valence-corrected chi connectivity index (χ4v) is 9.80. The Labute approximate surface area is 183 Å². The molecule has 0 atom stereocenters. The average Bonchev–Trinajstić information content (AvgIpc) is 3.49. The minimum absolute atomic E-state index is 0.127. The topological polar surface area (TPSA) is 0 Å². The summed E-state index contributed by atoms with van der Waals surface area (Å²) >= 11 is 0. The van der Waals surface area contributed by atoms with Crippen LogP contribution in [0.5, 0.6) is 0 Å². The van der Waals surface area contributed by atoms with Crippen molar-refractivity contribution in [3.05, 3.63) is 102 Å². The van der Waals surface area contributed by atoms with Crippen LogP contribution < -0.4 is 21.2 Å². The zero-order valence-electron chi connectivity index (χ0n) is 19.1. The molecule has 0 aliphatic heterocycles. The van der Waals surface area contributed by atoms with Crippen LogP contribution in [0, 0.1) is 0 Å². The first-order chi connectivity index (χ1) is 14.2. The van der Waals surface area contributed by atoms with Crippen LogP contribution in [0.15, 0.2) is 91.0 Å². The molecular weight excluding hydrogens is 379 g/mol. The summed E-state index contributed by atoms with van der Waals surface area (Å²) < 4.78 is 0. The zero-order valence-corrected chi connectivity index (χ0v) is 20.0. The second-order valence-electron chi connectivity index (χ2n) is 10.3. The van der Waals surface area contributed by atoms with Gasteiger partial charge in [0.05, 0.1) is 10.8 Å². The number of hydrogen-bond acceptors (Lipinski definition) is 0. The van der Waals surface area contributed by atoms with Gasteiger partial charge in [-0.15, -0.1) is 0 Å². The normalized spacial score (nSPS) is 13.0. The molecule has 0 saturated heterocycles. The highest BCUT2D eigenvalue weighted by atomic mass is 31.2. The van der Waals surface area contributed by atoms with Gasteiger partial charge in [0.25, 0.3) is 0 Å². The lowest BCUT2D eigenvalue weighted by Gasteiger charge is -2.21. The average molecular weight is 413 g/mol. The Morgan fingerprint density at radius 3 is 1.10 bits per heavy atom. The van der Waals surface area contributed by atoms with Gasteiger partial charge in [-0.2, -0.15) is 0 Å². The van der Waals surface area contributed by atoms with E-state index >= 15 is 0 Å². The summed E-state index contributed by atoms with van der Waals surface area (Å²) in [6.45, 7) is 14.2. The molecule has 0 aromatic heterocycles. The van der Waals surface area contributed by atoms with E-state index in [0.29, 0.717) is 0 Å². The number of hydrogen-bond donors (Lipinski definition) is 0. The molecule has 4 rings (SSSR count). The molecule has 0 amide bonds. The molecule has 0 bridgehead atoms. The van der Waals surface area contributed by atoms with Crippen molar-refractivity contribution in [2.75, 3.05) is 0 Å². The van der Waals surface area contributed by atoms with Gasteiger partial charge in [0, 0.05) is 0 Å². The lowest BCUT2D eigenvalue weighted by molar-refractivity contribution is 0.563. The van der Waals surface area contributed by atoms with Crippen molar-refractivity contribution >= 4 is 28.5 Å². The largest absolute Gasteiger partial charge is 0.317 e. The lowest BCUT2D eigenvalue weighted by Crippen LogP contribution is -2.37. The molecule has 4 aromatic rings. The molecule has 0 N–H and O–H groups in total. The predicted molar refractivity (Wildman–Crippen MR) is 135 cm³/mol. The van der Waals surface area contributed by atoms with Gasteiger partial charge in [-0.05, 0) is 77.9 Å². The van der Waals surface area contributed by atoms with Gasteiger partial charge in [-0.25, -0.2) is 0 Å². The van der Waals surface area contributed by atoms with Gasteiger partial charge in [-0.1, -0.05) is 54.6 Å². The van der Waals surface area contributed by atoms with Gasteiger partial charge in [-0.3, -0.25) is 0 Å². The Kier molecular flexibility index (Phi) is 5.19. The summed E-state index contributed by atoms with van der Waals surface area (Å²) in [6.07, 6.45) is 0. The van der Waals surface area contributed by atoms with Crippen LogP contribution in [0.25, 0.3) is 0 Å². The van der Waals surface area contributed by atoms with Gasteiger partial charge < -0.3 is 0 Å². The predicted octanol–water partition coefficient (Wildman–Crippen LogP) is 6.06. The molecule has 0 unspecified atom stereocenters. The van der Waals surface area contributed by atoms with Gasteiger partial charge >= 0.3 is 5.30 Å². The van der Waals surface area contributed by atoms with E-state index < -0.39 is 7.26 Å². The van der Waals surface area contributed by atoms with E-state index in [2.05, 4.69) is 133 Å². The van der Waals surface area contributed by atoms with E-state index in [4.69, 9.17) is 0 Å². The quantitative estimate of drug-likeness (QED) is 0.282. The molecule has 0 spiro atoms. The third-order valence-electron chi connectivity index (χ3n) is 5.93. The molecule has 152 valence electrons. The molecule has 0 fully saturated rings. The molecule has 0 saturated carbocycles. The first-order valence-corrected chi connectivity index (χ1v) is 12.7. The lowest BCUT2D eigenvalue weighted by atomic mass is 9.86. The smallest absolute Gasteiger partial charge is 0.0620 e. The molecule has 0 aliphatic carbocycles. The van der Waals surface area contributed by atoms with Crippen LogP contribution in [0.2, 0.25) is 0 Å². The van der Waals surface area contributed by atoms with E-state index in [0.717, 1.165) is 0 Å². The number of rotatable bonds is 4. The van der Waals surface area contributed by atoms with Crippen molar-refractivity contribution in [1.29, 1.82) is 0 Å². The van der Waals surface area contributed by atoms with E-state index in [1.54, 1.807) is 16.4 Å². The highest BCUT2D eigenvalue weighted by molar-refractivity contribution is 8.02. The Hall–Kier alpha value is -2.30. The SMILES string of the molecule is CC(C)(C)c1c([P+](c2ccccc2)(c2ccccc2)c2ccccc2)[c+]1C(C)(C)C. The maximum atomic E-state index is 2.37. The van der Waals surface area contributed by atoms with Crippen molar-refractivity contribution in [2.24, 2.45) is 0 Å². The molecule has 0 nitrogen and oxygen atoms in total. The summed E-state index contributed by atoms with van der Waals surface area (Å²) in [5.74, 6) is 0. The molecule has 0 heterocycles. The molecule has 1 heteroatoms. The molecule has 0 aliphatic rings. The summed E-state index contributed by atoms with van der Waals surface area (Å²) in [6, 6.07) is 33.7. The summed E-state index contributed by atoms with van der Waals surface area (Å²) in [5, 5.41) is 5.95. The van der Waals surface area contributed by atoms with E-state index in [9.17, 15) is 0 Å². The van der Waals surface area contributed by atoms with Crippen molar-refractivity contribution in [3.63, 3.8) is 0 Å². The van der Waals surface area contributed by atoms with E-state index in [1.807, 2.05) is 0 Å². The Morgan fingerprint density at radius 2 is 0.867 bits per heavy atom. The Bertz CT molecular complexity index is 951. The van der Waals surface area contributed by atoms with Crippen molar-refractivity contribution in [2.45, 2.75) is 52.4 Å². The highest BCUT2D eigenvalue weighted by Gasteiger charge is 2.70. The van der Waals surface area contributed by atoms with E-state index in [1.165, 1.54) is 15.9 Å². The van der Waals surface area contributed by atoms with Crippen molar-refractivity contribution < 1.29 is 0 Å². The van der Waals surface area contributed by atoms with Crippen LogP contribution in [0.4, 0.5) is 0 Å². The highest BCUT2D eigenvalue weighted by Crippen LogP contribution is 2.62. The monoisotopic (exact) mass is 412 g/mol. The van der Waals surface area contributed by atoms with Crippen LogP contribution in [0.3, 0.4) is 0 Å². The van der Waals surface area contributed by atoms with E-state index in [-0.39, 0.29) is 10.8 Å². The van der Waals surface area contributed by atoms with Crippen LogP contribution in [-0.4, -0.2) is 0 Å². The van der Waals surface area contributed by atoms with Gasteiger partial charge in [0.1, 0.15) is 15.9 Å². The fourth-order valence-electron chi connectivity index (χ4n) is 4.76. The Morgan fingerprint density at radius 1 is 0.533 bits per heavy atom. The summed E-state index contributed by atoms with van der Waals surface area (Å²) in [7, 11) is -1.98. The fraction of sp³-hybridized carbons (Fsp3) is 0.276. The zero-order chi connectivity index (χ0) is 21.6. The van der Waals surface area contributed by atoms with Crippen LogP contribution in [0.1, 0.15) is 52.7 Å². The standard InChI is InChI=1S/C29H33P/c1-28(2,3)25-26(29(4,5)6)27(25)30(22-16-10-7-11-17-22,23-18-12-8-13-19-23)24-20-14-9-15-21-24/h7-21H,1-6H3/q+2.